The number of amides is 2. The molecule has 30 heavy (non-hydrogen) atoms. The normalized spacial score (nSPS) is 16.8. The van der Waals surface area contributed by atoms with E-state index in [4.69, 9.17) is 4.74 Å². The Morgan fingerprint density at radius 3 is 2.83 bits per heavy atom. The van der Waals surface area contributed by atoms with Crippen LogP contribution in [0.5, 0.6) is 5.75 Å². The van der Waals surface area contributed by atoms with E-state index in [1.807, 2.05) is 29.7 Å². The highest BCUT2D eigenvalue weighted by Crippen LogP contribution is 2.26. The van der Waals surface area contributed by atoms with Gasteiger partial charge in [-0.05, 0) is 41.6 Å². The van der Waals surface area contributed by atoms with Crippen LogP contribution in [0.4, 0.5) is 4.79 Å². The number of piperazine rings is 1. The second kappa shape index (κ2) is 8.13. The highest BCUT2D eigenvalue weighted by atomic mass is 127. The molecule has 1 aliphatic heterocycles. The number of carboxylic acid groups (broad SMARTS) is 1. The van der Waals surface area contributed by atoms with Crippen molar-refractivity contribution in [3.63, 3.8) is 0 Å². The number of H-pyrrole nitrogens is 1. The third kappa shape index (κ3) is 3.80. The zero-order chi connectivity index (χ0) is 21.4. The molecular formula is C19H21IN6O4. The number of hydrogen-bond donors (Lipinski definition) is 2. The lowest BCUT2D eigenvalue weighted by Gasteiger charge is -2.39. The van der Waals surface area contributed by atoms with Gasteiger partial charge < -0.3 is 29.2 Å². The minimum Gasteiger partial charge on any atom is -0.497 e. The minimum atomic E-state index is -1.00. The topological polar surface area (TPSA) is 117 Å². The molecule has 1 unspecified atom stereocenters. The number of nitrogens with zero attached hydrogens (tertiary/aromatic N) is 5. The monoisotopic (exact) mass is 524 g/mol. The summed E-state index contributed by atoms with van der Waals surface area (Å²) in [6.07, 6.45) is 0.662. The molecule has 1 fully saturated rings. The van der Waals surface area contributed by atoms with Crippen molar-refractivity contribution in [1.29, 1.82) is 0 Å². The Balaban J connectivity index is 1.64. The van der Waals surface area contributed by atoms with E-state index in [0.717, 1.165) is 20.6 Å². The van der Waals surface area contributed by atoms with E-state index in [-0.39, 0.29) is 25.5 Å². The second-order valence-electron chi connectivity index (χ2n) is 7.05. The molecule has 4 rings (SSSR count). The Bertz CT molecular complexity index is 1110. The largest absolute Gasteiger partial charge is 0.497 e. The van der Waals surface area contributed by atoms with Gasteiger partial charge in [-0.25, -0.2) is 14.8 Å². The Morgan fingerprint density at radius 1 is 1.37 bits per heavy atom. The van der Waals surface area contributed by atoms with E-state index in [9.17, 15) is 14.7 Å². The standard InChI is InChI=1S/C19H21IN6O4/c1-11-22-13-4-3-12(30-2)7-14(13)26(11)10-17(27)25-6-5-24(19(28)29)9-15(25)18-21-8-16(20)23-18/h3-4,7-8,15H,5-6,9-10H2,1-2H3,(H,21,23)(H,28,29). The van der Waals surface area contributed by atoms with Crippen LogP contribution in [0.3, 0.4) is 0 Å². The number of ether oxygens (including phenoxy) is 1. The molecule has 3 heterocycles. The summed E-state index contributed by atoms with van der Waals surface area (Å²) >= 11 is 2.10. The van der Waals surface area contributed by atoms with Crippen LogP contribution >= 0.6 is 22.6 Å². The molecule has 2 aromatic heterocycles. The van der Waals surface area contributed by atoms with Gasteiger partial charge in [0.15, 0.2) is 0 Å². The van der Waals surface area contributed by atoms with E-state index in [1.54, 1.807) is 18.2 Å². The zero-order valence-electron chi connectivity index (χ0n) is 16.5. The number of hydrogen-bond acceptors (Lipinski definition) is 5. The second-order valence-corrected chi connectivity index (χ2v) is 8.21. The van der Waals surface area contributed by atoms with Crippen LogP contribution in [0.15, 0.2) is 24.4 Å². The molecular weight excluding hydrogens is 503 g/mol. The van der Waals surface area contributed by atoms with Gasteiger partial charge in [0, 0.05) is 19.2 Å². The molecule has 10 nitrogen and oxygen atoms in total. The van der Waals surface area contributed by atoms with Gasteiger partial charge in [-0.15, -0.1) is 0 Å². The van der Waals surface area contributed by atoms with Gasteiger partial charge >= 0.3 is 6.09 Å². The molecule has 1 atom stereocenters. The molecule has 0 bridgehead atoms. The maximum atomic E-state index is 13.3. The summed E-state index contributed by atoms with van der Waals surface area (Å²) in [4.78, 5) is 39.8. The van der Waals surface area contributed by atoms with Crippen LogP contribution in [-0.2, 0) is 11.3 Å². The molecule has 0 spiro atoms. The smallest absolute Gasteiger partial charge is 0.407 e. The van der Waals surface area contributed by atoms with Crippen LogP contribution in [-0.4, -0.2) is 73.2 Å². The lowest BCUT2D eigenvalue weighted by atomic mass is 10.1. The summed E-state index contributed by atoms with van der Waals surface area (Å²) in [7, 11) is 1.59. The molecule has 11 heteroatoms. The Morgan fingerprint density at radius 2 is 2.17 bits per heavy atom. The number of rotatable bonds is 4. The van der Waals surface area contributed by atoms with Crippen molar-refractivity contribution in [3.05, 3.63) is 39.7 Å². The molecule has 1 saturated heterocycles. The molecule has 2 N–H and O–H groups in total. The van der Waals surface area contributed by atoms with E-state index in [1.165, 1.54) is 4.90 Å². The molecule has 0 aliphatic carbocycles. The number of carbonyl (C=O) groups excluding carboxylic acids is 1. The van der Waals surface area contributed by atoms with Crippen molar-refractivity contribution in [2.45, 2.75) is 19.5 Å². The van der Waals surface area contributed by atoms with E-state index in [2.05, 4.69) is 37.5 Å². The number of aryl methyl sites for hydroxylation is 1. The number of halogens is 1. The number of aromatic amines is 1. The van der Waals surface area contributed by atoms with E-state index < -0.39 is 12.1 Å². The predicted octanol–water partition coefficient (Wildman–Crippen LogP) is 2.24. The minimum absolute atomic E-state index is 0.0941. The SMILES string of the molecule is COc1ccc2nc(C)n(CC(=O)N3CCN(C(=O)O)CC3c3ncc(I)[nH]3)c2c1. The molecule has 1 aliphatic rings. The lowest BCUT2D eigenvalue weighted by molar-refractivity contribution is -0.137. The summed E-state index contributed by atoms with van der Waals surface area (Å²) in [6, 6.07) is 5.08. The lowest BCUT2D eigenvalue weighted by Crippen LogP contribution is -2.53. The Kier molecular flexibility index (Phi) is 5.54. The number of fused-ring (bicyclic) bond motifs is 1. The van der Waals surface area contributed by atoms with Crippen LogP contribution < -0.4 is 4.74 Å². The third-order valence-electron chi connectivity index (χ3n) is 5.29. The average Bonchev–Trinajstić information content (AvgIpc) is 3.30. The average molecular weight is 524 g/mol. The summed E-state index contributed by atoms with van der Waals surface area (Å²) < 4.78 is 7.99. The number of imidazole rings is 2. The molecule has 0 radical (unpaired) electrons. The van der Waals surface area contributed by atoms with Crippen molar-refractivity contribution >= 4 is 45.6 Å². The first kappa shape index (κ1) is 20.4. The highest BCUT2D eigenvalue weighted by molar-refractivity contribution is 14.1. The molecule has 3 aromatic rings. The van der Waals surface area contributed by atoms with Crippen molar-refractivity contribution in [2.24, 2.45) is 0 Å². The first-order valence-corrected chi connectivity index (χ1v) is 10.4. The zero-order valence-corrected chi connectivity index (χ0v) is 18.7. The summed E-state index contributed by atoms with van der Waals surface area (Å²) in [5.41, 5.74) is 1.60. The first-order chi connectivity index (χ1) is 14.4. The summed E-state index contributed by atoms with van der Waals surface area (Å²) in [6.45, 7) is 2.67. The maximum absolute atomic E-state index is 13.3. The summed E-state index contributed by atoms with van der Waals surface area (Å²) in [5, 5.41) is 9.41. The van der Waals surface area contributed by atoms with Gasteiger partial charge in [-0.3, -0.25) is 4.79 Å². The molecule has 2 amide bonds. The van der Waals surface area contributed by atoms with Gasteiger partial charge in [0.1, 0.15) is 30.0 Å². The van der Waals surface area contributed by atoms with Crippen LogP contribution in [0.25, 0.3) is 11.0 Å². The van der Waals surface area contributed by atoms with Gasteiger partial charge in [-0.2, -0.15) is 0 Å². The molecule has 0 saturated carbocycles. The van der Waals surface area contributed by atoms with Crippen LogP contribution in [0.1, 0.15) is 17.7 Å². The third-order valence-corrected chi connectivity index (χ3v) is 5.84. The molecule has 1 aromatic carbocycles. The van der Waals surface area contributed by atoms with Crippen molar-refractivity contribution in [1.82, 2.24) is 29.3 Å². The van der Waals surface area contributed by atoms with Gasteiger partial charge in [0.25, 0.3) is 0 Å². The number of carbonyl (C=O) groups is 2. The van der Waals surface area contributed by atoms with Gasteiger partial charge in [-0.1, -0.05) is 0 Å². The van der Waals surface area contributed by atoms with Crippen molar-refractivity contribution in [2.75, 3.05) is 26.7 Å². The predicted molar refractivity (Wildman–Crippen MR) is 116 cm³/mol. The fraction of sp³-hybridized carbons (Fsp3) is 0.368. The fourth-order valence-electron chi connectivity index (χ4n) is 3.75. The molecule has 158 valence electrons. The van der Waals surface area contributed by atoms with Gasteiger partial charge in [0.05, 0.1) is 34.6 Å². The van der Waals surface area contributed by atoms with Gasteiger partial charge in [0.2, 0.25) is 5.91 Å². The first-order valence-electron chi connectivity index (χ1n) is 9.36. The number of aromatic nitrogens is 4. The Labute approximate surface area is 186 Å². The quantitative estimate of drug-likeness (QED) is 0.506. The van der Waals surface area contributed by atoms with E-state index in [0.29, 0.717) is 18.1 Å². The van der Waals surface area contributed by atoms with Crippen molar-refractivity contribution in [3.8, 4) is 5.75 Å². The van der Waals surface area contributed by atoms with E-state index >= 15 is 0 Å². The van der Waals surface area contributed by atoms with Crippen LogP contribution in [0, 0.1) is 10.6 Å². The summed E-state index contributed by atoms with van der Waals surface area (Å²) in [5.74, 6) is 1.86. The highest BCUT2D eigenvalue weighted by Gasteiger charge is 2.35. The maximum Gasteiger partial charge on any atom is 0.407 e. The number of methoxy groups -OCH3 is 1. The van der Waals surface area contributed by atoms with Crippen LogP contribution in [0.2, 0.25) is 0 Å². The fourth-order valence-corrected chi connectivity index (χ4v) is 4.16. The van der Waals surface area contributed by atoms with Crippen molar-refractivity contribution < 1.29 is 19.4 Å². The number of nitrogens with one attached hydrogen (secondary N) is 1. The Hall–Kier alpha value is -2.83. The number of benzene rings is 1.